The number of aromatic nitrogens is 1. The average molecular weight is 477 g/mol. The van der Waals surface area contributed by atoms with E-state index >= 15 is 0 Å². The van der Waals surface area contributed by atoms with Crippen molar-refractivity contribution in [1.82, 2.24) is 9.47 Å². The monoisotopic (exact) mass is 476 g/mol. The van der Waals surface area contributed by atoms with E-state index in [1.165, 1.54) is 12.1 Å². The Morgan fingerprint density at radius 1 is 0.839 bits per heavy atom. The van der Waals surface area contributed by atoms with Gasteiger partial charge in [0.2, 0.25) is 0 Å². The molecule has 156 valence electrons. The number of rotatable bonds is 7. The number of carbonyl (C=O) groups is 1. The van der Waals surface area contributed by atoms with Crippen LogP contribution in [0.3, 0.4) is 0 Å². The van der Waals surface area contributed by atoms with Gasteiger partial charge in [0.1, 0.15) is 5.82 Å². The smallest absolute Gasteiger partial charge is 0.254 e. The Morgan fingerprint density at radius 2 is 1.61 bits per heavy atom. The molecule has 31 heavy (non-hydrogen) atoms. The normalized spacial score (nSPS) is 10.8. The molecule has 0 aliphatic rings. The summed E-state index contributed by atoms with van der Waals surface area (Å²) in [6.07, 6.45) is 1.99. The van der Waals surface area contributed by atoms with E-state index in [1.807, 2.05) is 77.8 Å². The lowest BCUT2D eigenvalue weighted by Crippen LogP contribution is -2.31. The second-order valence-electron chi connectivity index (χ2n) is 7.41. The Labute approximate surface area is 189 Å². The van der Waals surface area contributed by atoms with E-state index in [0.29, 0.717) is 25.2 Å². The molecule has 0 aliphatic carbocycles. The van der Waals surface area contributed by atoms with Gasteiger partial charge in [-0.15, -0.1) is 0 Å². The minimum atomic E-state index is -0.245. The summed E-state index contributed by atoms with van der Waals surface area (Å²) in [4.78, 5) is 15.2. The highest BCUT2D eigenvalue weighted by Crippen LogP contribution is 2.19. The number of hydrogen-bond donors (Lipinski definition) is 0. The number of halogens is 2. The van der Waals surface area contributed by atoms with Crippen molar-refractivity contribution < 1.29 is 9.18 Å². The van der Waals surface area contributed by atoms with Crippen molar-refractivity contribution in [3.8, 4) is 0 Å². The standard InChI is InChI=1S/C26H22BrFN2O/c27-23-9-4-8-22(16-23)26(31)30(18-20-6-2-1-3-7-20)19-25-10-5-15-29(25)17-21-11-13-24(28)14-12-21/h1-16H,17-19H2. The minimum Gasteiger partial charge on any atom is -0.345 e. The molecule has 5 heteroatoms. The summed E-state index contributed by atoms with van der Waals surface area (Å²) in [6.45, 7) is 1.59. The molecule has 0 aliphatic heterocycles. The van der Waals surface area contributed by atoms with E-state index in [9.17, 15) is 9.18 Å². The maximum absolute atomic E-state index is 13.4. The van der Waals surface area contributed by atoms with Crippen LogP contribution in [0.4, 0.5) is 4.39 Å². The van der Waals surface area contributed by atoms with Crippen LogP contribution in [-0.2, 0) is 19.6 Å². The van der Waals surface area contributed by atoms with Crippen molar-refractivity contribution in [2.45, 2.75) is 19.6 Å². The lowest BCUT2D eigenvalue weighted by Gasteiger charge is -2.24. The van der Waals surface area contributed by atoms with Gasteiger partial charge in [0.05, 0.1) is 6.54 Å². The SMILES string of the molecule is O=C(c1cccc(Br)c1)N(Cc1ccccc1)Cc1cccn1Cc1ccc(F)cc1. The number of benzene rings is 3. The molecular weight excluding hydrogens is 455 g/mol. The third-order valence-electron chi connectivity index (χ3n) is 5.12. The van der Waals surface area contributed by atoms with Gasteiger partial charge in [-0.25, -0.2) is 4.39 Å². The van der Waals surface area contributed by atoms with E-state index in [0.717, 1.165) is 21.3 Å². The quantitative estimate of drug-likeness (QED) is 0.308. The predicted octanol–water partition coefficient (Wildman–Crippen LogP) is 6.28. The van der Waals surface area contributed by atoms with Gasteiger partial charge in [-0.3, -0.25) is 4.79 Å². The van der Waals surface area contributed by atoms with Gasteiger partial charge in [-0.1, -0.05) is 64.5 Å². The van der Waals surface area contributed by atoms with Crippen molar-refractivity contribution in [2.24, 2.45) is 0 Å². The van der Waals surface area contributed by atoms with Crippen molar-refractivity contribution in [3.05, 3.63) is 130 Å². The summed E-state index contributed by atoms with van der Waals surface area (Å²) in [7, 11) is 0. The number of carbonyl (C=O) groups excluding carboxylic acids is 1. The highest BCUT2D eigenvalue weighted by molar-refractivity contribution is 9.10. The molecule has 3 aromatic carbocycles. The molecule has 0 saturated heterocycles. The van der Waals surface area contributed by atoms with Crippen LogP contribution in [-0.4, -0.2) is 15.4 Å². The average Bonchev–Trinajstić information content (AvgIpc) is 3.21. The van der Waals surface area contributed by atoms with Crippen LogP contribution in [0.25, 0.3) is 0 Å². The molecule has 0 unspecified atom stereocenters. The molecule has 1 aromatic heterocycles. The Kier molecular flexibility index (Phi) is 6.63. The van der Waals surface area contributed by atoms with Gasteiger partial charge < -0.3 is 9.47 Å². The summed E-state index contributed by atoms with van der Waals surface area (Å²) in [5.41, 5.74) is 3.74. The van der Waals surface area contributed by atoms with E-state index in [-0.39, 0.29) is 11.7 Å². The zero-order chi connectivity index (χ0) is 21.6. The Morgan fingerprint density at radius 3 is 2.35 bits per heavy atom. The molecule has 0 bridgehead atoms. The van der Waals surface area contributed by atoms with Crippen molar-refractivity contribution >= 4 is 21.8 Å². The largest absolute Gasteiger partial charge is 0.345 e. The minimum absolute atomic E-state index is 0.0281. The summed E-state index contributed by atoms with van der Waals surface area (Å²) >= 11 is 3.46. The number of hydrogen-bond acceptors (Lipinski definition) is 1. The summed E-state index contributed by atoms with van der Waals surface area (Å²) in [5.74, 6) is -0.273. The molecule has 0 N–H and O–H groups in total. The molecule has 4 rings (SSSR count). The molecule has 4 aromatic rings. The van der Waals surface area contributed by atoms with Crippen LogP contribution in [0.5, 0.6) is 0 Å². The molecule has 0 fully saturated rings. The first kappa shape index (κ1) is 21.1. The molecular formula is C26H22BrFN2O. The molecule has 0 radical (unpaired) electrons. The van der Waals surface area contributed by atoms with Crippen molar-refractivity contribution in [3.63, 3.8) is 0 Å². The first-order chi connectivity index (χ1) is 15.1. The number of amides is 1. The predicted molar refractivity (Wildman–Crippen MR) is 124 cm³/mol. The van der Waals surface area contributed by atoms with Gasteiger partial charge in [0.15, 0.2) is 0 Å². The maximum Gasteiger partial charge on any atom is 0.254 e. The zero-order valence-corrected chi connectivity index (χ0v) is 18.5. The van der Waals surface area contributed by atoms with Gasteiger partial charge in [-0.2, -0.15) is 0 Å². The van der Waals surface area contributed by atoms with Crippen LogP contribution >= 0.6 is 15.9 Å². The maximum atomic E-state index is 13.4. The van der Waals surface area contributed by atoms with E-state index < -0.39 is 0 Å². The summed E-state index contributed by atoms with van der Waals surface area (Å²) in [5, 5.41) is 0. The second-order valence-corrected chi connectivity index (χ2v) is 8.33. The van der Waals surface area contributed by atoms with Gasteiger partial charge >= 0.3 is 0 Å². The highest BCUT2D eigenvalue weighted by Gasteiger charge is 2.18. The van der Waals surface area contributed by atoms with Gasteiger partial charge in [0, 0.05) is 35.0 Å². The Bertz CT molecular complexity index is 1160. The first-order valence-corrected chi connectivity index (χ1v) is 10.8. The van der Waals surface area contributed by atoms with Crippen LogP contribution < -0.4 is 0 Å². The lowest BCUT2D eigenvalue weighted by molar-refractivity contribution is 0.0726. The summed E-state index contributed by atoms with van der Waals surface area (Å²) < 4.78 is 16.2. The molecule has 3 nitrogen and oxygen atoms in total. The Balaban J connectivity index is 1.60. The zero-order valence-electron chi connectivity index (χ0n) is 16.9. The Hall–Kier alpha value is -3.18. The molecule has 0 spiro atoms. The summed E-state index contributed by atoms with van der Waals surface area (Å²) in [6, 6.07) is 28.0. The van der Waals surface area contributed by atoms with Crippen LogP contribution in [0.15, 0.2) is 102 Å². The lowest BCUT2D eigenvalue weighted by atomic mass is 10.1. The fourth-order valence-electron chi connectivity index (χ4n) is 3.54. The highest BCUT2D eigenvalue weighted by atomic mass is 79.9. The third-order valence-corrected chi connectivity index (χ3v) is 5.61. The first-order valence-electron chi connectivity index (χ1n) is 10.1. The number of nitrogens with zero attached hydrogens (tertiary/aromatic N) is 2. The van der Waals surface area contributed by atoms with Gasteiger partial charge in [-0.05, 0) is 53.6 Å². The van der Waals surface area contributed by atoms with Crippen LogP contribution in [0.2, 0.25) is 0 Å². The van der Waals surface area contributed by atoms with E-state index in [2.05, 4.69) is 20.5 Å². The molecule has 1 amide bonds. The second kappa shape index (κ2) is 9.75. The molecule has 0 atom stereocenters. The topological polar surface area (TPSA) is 25.2 Å². The third kappa shape index (κ3) is 5.50. The van der Waals surface area contributed by atoms with Crippen molar-refractivity contribution in [1.29, 1.82) is 0 Å². The van der Waals surface area contributed by atoms with E-state index in [1.54, 1.807) is 12.1 Å². The fourth-order valence-corrected chi connectivity index (χ4v) is 3.94. The van der Waals surface area contributed by atoms with Crippen molar-refractivity contribution in [2.75, 3.05) is 0 Å². The van der Waals surface area contributed by atoms with E-state index in [4.69, 9.17) is 0 Å². The fraction of sp³-hybridized carbons (Fsp3) is 0.115. The van der Waals surface area contributed by atoms with Crippen LogP contribution in [0.1, 0.15) is 27.2 Å². The van der Waals surface area contributed by atoms with Crippen LogP contribution in [0, 0.1) is 5.82 Å². The molecule has 0 saturated carbocycles. The van der Waals surface area contributed by atoms with Gasteiger partial charge in [0.25, 0.3) is 5.91 Å². The molecule has 1 heterocycles.